The molecule has 1 saturated heterocycles. The summed E-state index contributed by atoms with van der Waals surface area (Å²) >= 11 is 0. The molecule has 1 aliphatic heterocycles. The molecule has 7 heteroatoms. The Morgan fingerprint density at radius 1 is 1.00 bits per heavy atom. The second-order valence-corrected chi connectivity index (χ2v) is 10.4. The second-order valence-electron chi connectivity index (χ2n) is 8.19. The number of hydrogen-bond acceptors (Lipinski definition) is 4. The van der Waals surface area contributed by atoms with Crippen LogP contribution in [0.1, 0.15) is 57.7 Å². The zero-order valence-corrected chi connectivity index (χ0v) is 18.6. The molecule has 1 aromatic rings. The highest BCUT2D eigenvalue weighted by atomic mass is 32.2. The highest BCUT2D eigenvalue weighted by Gasteiger charge is 2.27. The molecule has 1 aromatic carbocycles. The first-order chi connectivity index (χ1) is 13.1. The number of nitrogens with one attached hydrogen (secondary N) is 1. The molecule has 1 unspecified atom stereocenters. The number of nitrogens with zero attached hydrogens (tertiary/aromatic N) is 2. The van der Waals surface area contributed by atoms with Crippen molar-refractivity contribution in [2.75, 3.05) is 38.5 Å². The van der Waals surface area contributed by atoms with E-state index in [1.54, 1.807) is 6.92 Å². The summed E-state index contributed by atoms with van der Waals surface area (Å²) in [5.74, 6) is 0.870. The predicted octanol–water partition coefficient (Wildman–Crippen LogP) is 2.59. The molecule has 1 N–H and O–H groups in total. The zero-order valence-electron chi connectivity index (χ0n) is 17.8. The largest absolute Gasteiger partial charge is 0.348 e. The number of sulfonamides is 1. The van der Waals surface area contributed by atoms with Gasteiger partial charge in [0.15, 0.2) is 0 Å². The molecule has 158 valence electrons. The van der Waals surface area contributed by atoms with Crippen molar-refractivity contribution in [3.8, 4) is 0 Å². The summed E-state index contributed by atoms with van der Waals surface area (Å²) in [5.41, 5.74) is 2.41. The Labute approximate surface area is 170 Å². The molecule has 1 fully saturated rings. The minimum absolute atomic E-state index is 0.0153. The highest BCUT2D eigenvalue weighted by molar-refractivity contribution is 7.89. The van der Waals surface area contributed by atoms with Crippen molar-refractivity contribution in [3.05, 3.63) is 35.4 Å². The lowest BCUT2D eigenvalue weighted by Crippen LogP contribution is -2.51. The van der Waals surface area contributed by atoms with E-state index in [0.717, 1.165) is 5.56 Å². The molecule has 0 radical (unpaired) electrons. The van der Waals surface area contributed by atoms with Crippen LogP contribution >= 0.6 is 0 Å². The van der Waals surface area contributed by atoms with E-state index in [1.807, 2.05) is 4.90 Å². The molecule has 1 aliphatic rings. The molecule has 0 spiro atoms. The number of hydrogen-bond donors (Lipinski definition) is 1. The number of rotatable bonds is 8. The summed E-state index contributed by atoms with van der Waals surface area (Å²) in [6.07, 6.45) is 0. The average Bonchev–Trinajstić information content (AvgIpc) is 2.66. The Bertz CT molecular complexity index is 737. The molecule has 0 aromatic heterocycles. The molecule has 28 heavy (non-hydrogen) atoms. The van der Waals surface area contributed by atoms with Gasteiger partial charge in [0, 0.05) is 26.2 Å². The number of amides is 1. The van der Waals surface area contributed by atoms with Gasteiger partial charge in [0.25, 0.3) is 0 Å². The Morgan fingerprint density at radius 2 is 1.54 bits per heavy atom. The van der Waals surface area contributed by atoms with Gasteiger partial charge in [-0.1, -0.05) is 52.0 Å². The third-order valence-corrected chi connectivity index (χ3v) is 7.28. The lowest BCUT2D eigenvalue weighted by atomic mass is 9.93. The zero-order chi connectivity index (χ0) is 20.9. The summed E-state index contributed by atoms with van der Waals surface area (Å²) < 4.78 is 25.4. The monoisotopic (exact) mass is 409 g/mol. The van der Waals surface area contributed by atoms with E-state index in [-0.39, 0.29) is 23.6 Å². The van der Waals surface area contributed by atoms with Gasteiger partial charge in [-0.15, -0.1) is 0 Å². The highest BCUT2D eigenvalue weighted by Crippen LogP contribution is 2.24. The summed E-state index contributed by atoms with van der Waals surface area (Å²) in [7, 11) is -3.14. The van der Waals surface area contributed by atoms with Crippen LogP contribution in [0.25, 0.3) is 0 Å². The third-order valence-electron chi connectivity index (χ3n) is 5.40. The molecular weight excluding hydrogens is 374 g/mol. The van der Waals surface area contributed by atoms with E-state index < -0.39 is 10.0 Å². The molecule has 1 heterocycles. The Kier molecular flexibility index (Phi) is 8.04. The number of carbonyl (C=O) groups excluding carboxylic acids is 1. The van der Waals surface area contributed by atoms with Crippen LogP contribution < -0.4 is 5.32 Å². The first kappa shape index (κ1) is 22.8. The minimum Gasteiger partial charge on any atom is -0.348 e. The molecule has 0 saturated carbocycles. The van der Waals surface area contributed by atoms with E-state index in [0.29, 0.717) is 38.6 Å². The number of carbonyl (C=O) groups is 1. The van der Waals surface area contributed by atoms with Crippen LogP contribution in [0.2, 0.25) is 0 Å². The van der Waals surface area contributed by atoms with Crippen molar-refractivity contribution >= 4 is 15.9 Å². The standard InChI is InChI=1S/C21H35N3O3S/c1-6-28(26,27)24-13-11-23(12-14-24)15-20(25)22-21(17(4)5)19-9-7-18(8-10-19)16(2)3/h7-10,16-17,21H,6,11-15H2,1-5H3,(H,22,25). The van der Waals surface area contributed by atoms with Crippen LogP contribution in [0.15, 0.2) is 24.3 Å². The molecule has 0 bridgehead atoms. The molecule has 1 atom stereocenters. The van der Waals surface area contributed by atoms with Gasteiger partial charge >= 0.3 is 0 Å². The van der Waals surface area contributed by atoms with Crippen LogP contribution in [-0.4, -0.2) is 62.0 Å². The minimum atomic E-state index is -3.14. The summed E-state index contributed by atoms with van der Waals surface area (Å²) in [4.78, 5) is 14.6. The maximum absolute atomic E-state index is 12.6. The van der Waals surface area contributed by atoms with Crippen LogP contribution in [0.5, 0.6) is 0 Å². The molecule has 1 amide bonds. The van der Waals surface area contributed by atoms with Crippen molar-refractivity contribution < 1.29 is 13.2 Å². The van der Waals surface area contributed by atoms with Gasteiger partial charge < -0.3 is 5.32 Å². The van der Waals surface area contributed by atoms with Crippen molar-refractivity contribution in [2.45, 2.75) is 46.6 Å². The maximum atomic E-state index is 12.6. The van der Waals surface area contributed by atoms with E-state index in [1.165, 1.54) is 9.87 Å². The number of benzene rings is 1. The summed E-state index contributed by atoms with van der Waals surface area (Å²) in [6.45, 7) is 12.6. The fraction of sp³-hybridized carbons (Fsp3) is 0.667. The fourth-order valence-corrected chi connectivity index (χ4v) is 4.58. The number of piperazine rings is 1. The first-order valence-electron chi connectivity index (χ1n) is 10.2. The van der Waals surface area contributed by atoms with Gasteiger partial charge in [-0.3, -0.25) is 9.69 Å². The Balaban J connectivity index is 1.93. The molecule has 6 nitrogen and oxygen atoms in total. The lowest BCUT2D eigenvalue weighted by Gasteiger charge is -2.34. The van der Waals surface area contributed by atoms with Crippen molar-refractivity contribution in [3.63, 3.8) is 0 Å². The van der Waals surface area contributed by atoms with E-state index in [9.17, 15) is 13.2 Å². The molecule has 0 aliphatic carbocycles. The predicted molar refractivity (Wildman–Crippen MR) is 114 cm³/mol. The van der Waals surface area contributed by atoms with Crippen molar-refractivity contribution in [1.29, 1.82) is 0 Å². The van der Waals surface area contributed by atoms with Crippen LogP contribution in [0, 0.1) is 5.92 Å². The quantitative estimate of drug-likeness (QED) is 0.716. The SMILES string of the molecule is CCS(=O)(=O)N1CCN(CC(=O)NC(c2ccc(C(C)C)cc2)C(C)C)CC1. The van der Waals surface area contributed by atoms with Crippen LogP contribution in [0.4, 0.5) is 0 Å². The average molecular weight is 410 g/mol. The topological polar surface area (TPSA) is 69.7 Å². The van der Waals surface area contributed by atoms with Crippen LogP contribution in [0.3, 0.4) is 0 Å². The van der Waals surface area contributed by atoms with Crippen molar-refractivity contribution in [2.24, 2.45) is 5.92 Å². The fourth-order valence-electron chi connectivity index (χ4n) is 3.49. The van der Waals surface area contributed by atoms with Crippen molar-refractivity contribution in [1.82, 2.24) is 14.5 Å². The maximum Gasteiger partial charge on any atom is 0.234 e. The van der Waals surface area contributed by atoms with E-state index in [4.69, 9.17) is 0 Å². The smallest absolute Gasteiger partial charge is 0.234 e. The first-order valence-corrected chi connectivity index (χ1v) is 11.8. The second kappa shape index (κ2) is 9.85. The van der Waals surface area contributed by atoms with Gasteiger partial charge in [0.2, 0.25) is 15.9 Å². The summed E-state index contributed by atoms with van der Waals surface area (Å²) in [5, 5.41) is 3.17. The van der Waals surface area contributed by atoms with E-state index in [2.05, 4.69) is 57.3 Å². The summed E-state index contributed by atoms with van der Waals surface area (Å²) in [6, 6.07) is 8.45. The van der Waals surface area contributed by atoms with Gasteiger partial charge in [-0.05, 0) is 29.9 Å². The van der Waals surface area contributed by atoms with Gasteiger partial charge in [-0.2, -0.15) is 4.31 Å². The molecular formula is C21H35N3O3S. The van der Waals surface area contributed by atoms with Gasteiger partial charge in [0.1, 0.15) is 0 Å². The Hall–Kier alpha value is -1.44. The lowest BCUT2D eigenvalue weighted by molar-refractivity contribution is -0.123. The third kappa shape index (κ3) is 6.03. The van der Waals surface area contributed by atoms with Gasteiger partial charge in [0.05, 0.1) is 18.3 Å². The Morgan fingerprint density at radius 3 is 2.00 bits per heavy atom. The van der Waals surface area contributed by atoms with Gasteiger partial charge in [-0.25, -0.2) is 8.42 Å². The van der Waals surface area contributed by atoms with E-state index >= 15 is 0 Å². The van der Waals surface area contributed by atoms with Crippen LogP contribution in [-0.2, 0) is 14.8 Å². The normalized spacial score (nSPS) is 17.8. The molecule has 2 rings (SSSR count).